The van der Waals surface area contributed by atoms with Crippen LogP contribution in [0.2, 0.25) is 0 Å². The first-order valence-corrected chi connectivity index (χ1v) is 9.68. The van der Waals surface area contributed by atoms with Gasteiger partial charge in [-0.25, -0.2) is 4.98 Å². The van der Waals surface area contributed by atoms with Crippen molar-refractivity contribution in [3.8, 4) is 11.3 Å². The van der Waals surface area contributed by atoms with Gasteiger partial charge >= 0.3 is 0 Å². The van der Waals surface area contributed by atoms with Crippen LogP contribution >= 0.6 is 0 Å². The second kappa shape index (κ2) is 6.37. The van der Waals surface area contributed by atoms with E-state index in [9.17, 15) is 4.79 Å². The molecule has 0 unspecified atom stereocenters. The highest BCUT2D eigenvalue weighted by Crippen LogP contribution is 2.33. The molecule has 4 heterocycles. The summed E-state index contributed by atoms with van der Waals surface area (Å²) < 4.78 is 0. The first kappa shape index (κ1) is 16.3. The summed E-state index contributed by atoms with van der Waals surface area (Å²) in [7, 11) is 0. The third-order valence-electron chi connectivity index (χ3n) is 6.00. The molecule has 138 valence electrons. The summed E-state index contributed by atoms with van der Waals surface area (Å²) in [6.45, 7) is 1.83. The van der Waals surface area contributed by atoms with Gasteiger partial charge in [0, 0.05) is 42.2 Å². The number of carbonyl (C=O) groups excluding carboxylic acids is 1. The third kappa shape index (κ3) is 2.95. The number of nitrogens with one attached hydrogen (secondary N) is 2. The Morgan fingerprint density at radius 1 is 1.07 bits per heavy atom. The Hall–Kier alpha value is -2.89. The SMILES string of the molecule is O=C1CCCC2(CCN(c3cc(-c4n[nH]c5ccccc45)ccn3)CC2)N1. The molecule has 0 bridgehead atoms. The second-order valence-corrected chi connectivity index (χ2v) is 7.69. The van der Waals surface area contributed by atoms with Crippen LogP contribution in [0.3, 0.4) is 0 Å². The van der Waals surface area contributed by atoms with E-state index in [1.165, 1.54) is 0 Å². The Morgan fingerprint density at radius 3 is 2.78 bits per heavy atom. The fraction of sp³-hybridized carbons (Fsp3) is 0.381. The van der Waals surface area contributed by atoms with Crippen LogP contribution in [0.4, 0.5) is 5.82 Å². The van der Waals surface area contributed by atoms with Crippen molar-refractivity contribution in [2.45, 2.75) is 37.6 Å². The predicted octanol–water partition coefficient (Wildman–Crippen LogP) is 3.26. The molecular weight excluding hydrogens is 338 g/mol. The zero-order chi connectivity index (χ0) is 18.3. The number of H-pyrrole nitrogens is 1. The molecule has 0 aliphatic carbocycles. The monoisotopic (exact) mass is 361 g/mol. The molecule has 1 aromatic carbocycles. The summed E-state index contributed by atoms with van der Waals surface area (Å²) >= 11 is 0. The summed E-state index contributed by atoms with van der Waals surface area (Å²) in [6.07, 6.45) is 6.60. The van der Waals surface area contributed by atoms with Gasteiger partial charge in [-0.05, 0) is 43.9 Å². The molecule has 1 spiro atoms. The standard InChI is InChI=1S/C21H23N5O/c27-19-6-3-8-21(23-19)9-12-26(13-10-21)18-14-15(7-11-22-18)20-16-4-1-2-5-17(16)24-25-20/h1-2,4-5,7,11,14H,3,6,8-10,12-13H2,(H,23,27)(H,24,25). The summed E-state index contributed by atoms with van der Waals surface area (Å²) in [5, 5.41) is 12.0. The number of anilines is 1. The van der Waals surface area contributed by atoms with Crippen LogP contribution < -0.4 is 10.2 Å². The van der Waals surface area contributed by atoms with Gasteiger partial charge < -0.3 is 10.2 Å². The molecule has 2 fully saturated rings. The molecule has 5 rings (SSSR count). The van der Waals surface area contributed by atoms with E-state index in [1.54, 1.807) is 0 Å². The van der Waals surface area contributed by atoms with Crippen molar-refractivity contribution in [3.63, 3.8) is 0 Å². The molecule has 0 atom stereocenters. The van der Waals surface area contributed by atoms with Crippen LogP contribution in [0.5, 0.6) is 0 Å². The fourth-order valence-corrected chi connectivity index (χ4v) is 4.47. The fourth-order valence-electron chi connectivity index (χ4n) is 4.47. The quantitative estimate of drug-likeness (QED) is 0.735. The molecule has 2 aliphatic heterocycles. The van der Waals surface area contributed by atoms with Gasteiger partial charge in [0.1, 0.15) is 11.5 Å². The molecule has 0 radical (unpaired) electrons. The van der Waals surface area contributed by atoms with Crippen LogP contribution in [0.25, 0.3) is 22.2 Å². The Bertz CT molecular complexity index is 987. The highest BCUT2D eigenvalue weighted by molar-refractivity contribution is 5.93. The average Bonchev–Trinajstić information content (AvgIpc) is 3.13. The average molecular weight is 361 g/mol. The molecule has 2 N–H and O–H groups in total. The molecule has 2 aliphatic rings. The first-order chi connectivity index (χ1) is 13.2. The van der Waals surface area contributed by atoms with E-state index in [0.717, 1.165) is 66.8 Å². The maximum atomic E-state index is 11.8. The van der Waals surface area contributed by atoms with Crippen LogP contribution in [-0.4, -0.2) is 39.7 Å². The molecule has 1 amide bonds. The van der Waals surface area contributed by atoms with E-state index in [0.29, 0.717) is 6.42 Å². The van der Waals surface area contributed by atoms with Crippen molar-refractivity contribution in [1.82, 2.24) is 20.5 Å². The Kier molecular flexibility index (Phi) is 3.85. The van der Waals surface area contributed by atoms with Crippen molar-refractivity contribution in [1.29, 1.82) is 0 Å². The molecular formula is C21H23N5O. The minimum absolute atomic E-state index is 0.00182. The number of fused-ring (bicyclic) bond motifs is 1. The second-order valence-electron chi connectivity index (χ2n) is 7.69. The highest BCUT2D eigenvalue weighted by atomic mass is 16.1. The maximum absolute atomic E-state index is 11.8. The van der Waals surface area contributed by atoms with Crippen molar-refractivity contribution >= 4 is 22.6 Å². The zero-order valence-electron chi connectivity index (χ0n) is 15.2. The molecule has 0 saturated carbocycles. The Balaban J connectivity index is 1.38. The number of nitrogens with zero attached hydrogens (tertiary/aromatic N) is 3. The van der Waals surface area contributed by atoms with Gasteiger partial charge in [-0.3, -0.25) is 9.89 Å². The number of aromatic nitrogens is 3. The lowest BCUT2D eigenvalue weighted by atomic mass is 9.80. The van der Waals surface area contributed by atoms with Crippen molar-refractivity contribution < 1.29 is 4.79 Å². The molecule has 27 heavy (non-hydrogen) atoms. The lowest BCUT2D eigenvalue weighted by Gasteiger charge is -2.45. The number of piperidine rings is 2. The van der Waals surface area contributed by atoms with Gasteiger partial charge in [-0.1, -0.05) is 18.2 Å². The van der Waals surface area contributed by atoms with Gasteiger partial charge in [0.2, 0.25) is 5.91 Å². The molecule has 6 nitrogen and oxygen atoms in total. The van der Waals surface area contributed by atoms with Gasteiger partial charge in [0.05, 0.1) is 5.52 Å². The topological polar surface area (TPSA) is 73.9 Å². The number of pyridine rings is 1. The minimum atomic E-state index is 0.00182. The van der Waals surface area contributed by atoms with Gasteiger partial charge in [0.25, 0.3) is 0 Å². The van der Waals surface area contributed by atoms with Gasteiger partial charge in [-0.15, -0.1) is 0 Å². The van der Waals surface area contributed by atoms with Gasteiger partial charge in [-0.2, -0.15) is 5.10 Å². The summed E-state index contributed by atoms with van der Waals surface area (Å²) in [6, 6.07) is 12.3. The molecule has 2 aromatic heterocycles. The summed E-state index contributed by atoms with van der Waals surface area (Å²) in [4.78, 5) is 18.8. The first-order valence-electron chi connectivity index (χ1n) is 9.68. The highest BCUT2D eigenvalue weighted by Gasteiger charge is 2.38. The Morgan fingerprint density at radius 2 is 1.93 bits per heavy atom. The predicted molar refractivity (Wildman–Crippen MR) is 105 cm³/mol. The molecule has 3 aromatic rings. The molecule has 2 saturated heterocycles. The minimum Gasteiger partial charge on any atom is -0.356 e. The number of amides is 1. The number of hydrogen-bond donors (Lipinski definition) is 2. The van der Waals surface area contributed by atoms with Gasteiger partial charge in [0.15, 0.2) is 0 Å². The third-order valence-corrected chi connectivity index (χ3v) is 6.00. The number of rotatable bonds is 2. The van der Waals surface area contributed by atoms with Crippen molar-refractivity contribution in [3.05, 3.63) is 42.6 Å². The van der Waals surface area contributed by atoms with E-state index in [1.807, 2.05) is 30.5 Å². The summed E-state index contributed by atoms with van der Waals surface area (Å²) in [5.74, 6) is 1.19. The lowest BCUT2D eigenvalue weighted by molar-refractivity contribution is -0.125. The van der Waals surface area contributed by atoms with Crippen LogP contribution in [-0.2, 0) is 4.79 Å². The van der Waals surface area contributed by atoms with Crippen molar-refractivity contribution in [2.24, 2.45) is 0 Å². The van der Waals surface area contributed by atoms with Crippen molar-refractivity contribution in [2.75, 3.05) is 18.0 Å². The van der Waals surface area contributed by atoms with Crippen LogP contribution in [0.1, 0.15) is 32.1 Å². The van der Waals surface area contributed by atoms with E-state index in [-0.39, 0.29) is 11.4 Å². The number of hydrogen-bond acceptors (Lipinski definition) is 4. The number of benzene rings is 1. The van der Waals surface area contributed by atoms with Crippen LogP contribution in [0, 0.1) is 0 Å². The zero-order valence-corrected chi connectivity index (χ0v) is 15.2. The normalized spacial score (nSPS) is 19.4. The Labute approximate surface area is 158 Å². The van der Waals surface area contributed by atoms with E-state index in [4.69, 9.17) is 0 Å². The maximum Gasteiger partial charge on any atom is 0.220 e. The number of aromatic amines is 1. The van der Waals surface area contributed by atoms with E-state index in [2.05, 4.69) is 37.5 Å². The number of para-hydroxylation sites is 1. The van der Waals surface area contributed by atoms with E-state index < -0.39 is 0 Å². The largest absolute Gasteiger partial charge is 0.356 e. The summed E-state index contributed by atoms with van der Waals surface area (Å²) in [5.41, 5.74) is 3.08. The van der Waals surface area contributed by atoms with E-state index >= 15 is 0 Å². The van der Waals surface area contributed by atoms with Crippen LogP contribution in [0.15, 0.2) is 42.6 Å². The smallest absolute Gasteiger partial charge is 0.220 e. The lowest BCUT2D eigenvalue weighted by Crippen LogP contribution is -2.57. The molecule has 6 heteroatoms. The number of carbonyl (C=O) groups is 1.